The number of nitrogens with zero attached hydrogens (tertiary/aromatic N) is 1. The molecular weight excluding hydrogens is 232 g/mol. The van der Waals surface area contributed by atoms with Crippen molar-refractivity contribution in [1.82, 2.24) is 5.32 Å². The van der Waals surface area contributed by atoms with Crippen LogP contribution in [0, 0.1) is 12.5 Å². The molecule has 1 N–H and O–H groups in total. The van der Waals surface area contributed by atoms with Crippen molar-refractivity contribution >= 4 is 5.91 Å². The summed E-state index contributed by atoms with van der Waals surface area (Å²) in [5.41, 5.74) is 0. The number of unbranched alkanes of at least 4 members (excludes halogenated alkanes) is 1. The number of likely N-dealkylation sites (N-methyl/N-ethyl adjacent to an activating group) is 1. The van der Waals surface area contributed by atoms with Gasteiger partial charge in [0.15, 0.2) is 0 Å². The molecule has 0 aliphatic rings. The fraction of sp³-hybridized carbons (Fsp3) is 0.846. The third-order valence-corrected chi connectivity index (χ3v) is 3.23. The van der Waals surface area contributed by atoms with Crippen LogP contribution in [0.1, 0.15) is 33.1 Å². The van der Waals surface area contributed by atoms with E-state index in [-0.39, 0.29) is 11.8 Å². The van der Waals surface area contributed by atoms with Gasteiger partial charge in [0.05, 0.1) is 33.7 Å². The minimum atomic E-state index is 0.0874. The zero-order valence-electron chi connectivity index (χ0n) is 12.1. The van der Waals surface area contributed by atoms with Crippen LogP contribution in [0.15, 0.2) is 0 Å². The van der Waals surface area contributed by atoms with Gasteiger partial charge in [-0.2, -0.15) is 6.42 Å². The van der Waals surface area contributed by atoms with E-state index in [1.165, 1.54) is 6.61 Å². The Kier molecular flexibility index (Phi) is 8.97. The lowest BCUT2D eigenvalue weighted by molar-refractivity contribution is -0.889. The van der Waals surface area contributed by atoms with E-state index in [9.17, 15) is 10.1 Å². The molecule has 0 spiro atoms. The zero-order valence-corrected chi connectivity index (χ0v) is 12.1. The Morgan fingerprint density at radius 1 is 1.44 bits per heavy atom. The molecule has 0 fully saturated rings. The van der Waals surface area contributed by atoms with Gasteiger partial charge in [-0.25, -0.2) is 6.61 Å². The molecule has 1 amide bonds. The number of hydrogen-bond donors (Lipinski definition) is 1. The molecule has 0 aromatic rings. The highest BCUT2D eigenvalue weighted by atomic mass is 17.1. The number of nitrogens with one attached hydrogen (secondary N) is 1. The Balaban J connectivity index is 3.72. The average Bonchev–Trinajstić information content (AvgIpc) is 2.33. The zero-order chi connectivity index (χ0) is 14.0. The van der Waals surface area contributed by atoms with Gasteiger partial charge < -0.3 is 19.9 Å². The summed E-state index contributed by atoms with van der Waals surface area (Å²) in [7, 11) is 4.24. The first-order chi connectivity index (χ1) is 8.43. The molecule has 0 aliphatic heterocycles. The molecule has 5 heteroatoms. The quantitative estimate of drug-likeness (QED) is 0.204. The Morgan fingerprint density at radius 3 is 2.67 bits per heavy atom. The Morgan fingerprint density at radius 2 is 2.11 bits per heavy atom. The first-order valence-corrected chi connectivity index (χ1v) is 6.63. The molecule has 1 atom stereocenters. The van der Waals surface area contributed by atoms with Gasteiger partial charge in [0.1, 0.15) is 0 Å². The van der Waals surface area contributed by atoms with E-state index in [1.54, 1.807) is 0 Å². The average molecular weight is 259 g/mol. The molecule has 0 aromatic carbocycles. The maximum atomic E-state index is 11.6. The van der Waals surface area contributed by atoms with Gasteiger partial charge >= 0.3 is 0 Å². The van der Waals surface area contributed by atoms with Crippen molar-refractivity contribution in [3.8, 4) is 0 Å². The normalized spacial score (nSPS) is 13.4. The van der Waals surface area contributed by atoms with Crippen LogP contribution in [0.2, 0.25) is 0 Å². The largest absolute Gasteiger partial charge is 0.759 e. The second-order valence-electron chi connectivity index (χ2n) is 5.39. The van der Waals surface area contributed by atoms with Crippen molar-refractivity contribution in [3.63, 3.8) is 0 Å². The summed E-state index contributed by atoms with van der Waals surface area (Å²) < 4.78 is 0.827. The molecule has 0 aliphatic carbocycles. The van der Waals surface area contributed by atoms with Crippen LogP contribution in [0.4, 0.5) is 0 Å². The number of quaternary nitrogens is 1. The molecule has 18 heavy (non-hydrogen) atoms. The minimum Gasteiger partial charge on any atom is -0.759 e. The molecule has 0 saturated heterocycles. The van der Waals surface area contributed by atoms with Crippen LogP contribution in [0.25, 0.3) is 0 Å². The minimum absolute atomic E-state index is 0.0874. The first kappa shape index (κ1) is 17.4. The summed E-state index contributed by atoms with van der Waals surface area (Å²) in [5, 5.41) is 12.7. The summed E-state index contributed by atoms with van der Waals surface area (Å²) in [6, 6.07) is 0. The van der Waals surface area contributed by atoms with Gasteiger partial charge in [-0.1, -0.05) is 13.8 Å². The third kappa shape index (κ3) is 8.44. The van der Waals surface area contributed by atoms with Crippen molar-refractivity contribution in [2.75, 3.05) is 33.7 Å². The number of carbonyl (C=O) groups excluding carboxylic acids is 1. The molecule has 0 aromatic heterocycles. The monoisotopic (exact) mass is 259 g/mol. The predicted octanol–water partition coefficient (Wildman–Crippen LogP) is 0.459. The van der Waals surface area contributed by atoms with Gasteiger partial charge in [0.25, 0.3) is 0 Å². The molecule has 0 radical (unpaired) electrons. The number of amides is 1. The van der Waals surface area contributed by atoms with E-state index in [4.69, 9.17) is 0 Å². The maximum Gasteiger partial charge on any atom is 0.223 e. The molecule has 0 heterocycles. The van der Waals surface area contributed by atoms with Gasteiger partial charge in [-0.15, -0.1) is 0 Å². The molecule has 1 unspecified atom stereocenters. The lowest BCUT2D eigenvalue weighted by atomic mass is 10.1. The van der Waals surface area contributed by atoms with Crippen LogP contribution in [0.5, 0.6) is 0 Å². The highest BCUT2D eigenvalue weighted by molar-refractivity contribution is 5.78. The number of carbonyl (C=O) groups is 1. The van der Waals surface area contributed by atoms with E-state index < -0.39 is 0 Å². The van der Waals surface area contributed by atoms with Crippen molar-refractivity contribution in [1.29, 1.82) is 0 Å². The lowest BCUT2D eigenvalue weighted by Crippen LogP contribution is -2.46. The fourth-order valence-electron chi connectivity index (χ4n) is 1.60. The molecule has 108 valence electrons. The van der Waals surface area contributed by atoms with Crippen LogP contribution in [0.3, 0.4) is 0 Å². The summed E-state index contributed by atoms with van der Waals surface area (Å²) in [4.78, 5) is 15.3. The van der Waals surface area contributed by atoms with Gasteiger partial charge in [0, 0.05) is 5.92 Å². The Bertz CT molecular complexity index is 232. The highest BCUT2D eigenvalue weighted by Crippen LogP contribution is 2.03. The van der Waals surface area contributed by atoms with Gasteiger partial charge in [0.2, 0.25) is 5.91 Å². The Hall–Kier alpha value is -0.650. The maximum absolute atomic E-state index is 11.6. The van der Waals surface area contributed by atoms with Crippen LogP contribution in [-0.4, -0.2) is 44.1 Å². The van der Waals surface area contributed by atoms with Gasteiger partial charge in [-0.3, -0.25) is 4.79 Å². The van der Waals surface area contributed by atoms with E-state index >= 15 is 0 Å². The molecular formula is C13H27N2O3-. The Labute approximate surface area is 111 Å². The van der Waals surface area contributed by atoms with Crippen LogP contribution >= 0.6 is 0 Å². The smallest absolute Gasteiger partial charge is 0.223 e. The SMILES string of the molecule is CCC(C)C(=O)NCC[N+](C)(C)CCC[CH-]O[O-]. The van der Waals surface area contributed by atoms with E-state index in [0.717, 1.165) is 30.4 Å². The number of hydrogen-bond acceptors (Lipinski definition) is 3. The van der Waals surface area contributed by atoms with Gasteiger partial charge in [-0.05, 0) is 12.8 Å². The third-order valence-electron chi connectivity index (χ3n) is 3.23. The standard InChI is InChI=1S/C13H28N2O3/c1-5-12(2)13(16)14-8-10-15(3,4)9-6-7-11-18-17/h11-12,17H,5-10H2,1-4H3,(H,14,16)/p-1. The second-order valence-corrected chi connectivity index (χ2v) is 5.39. The highest BCUT2D eigenvalue weighted by Gasteiger charge is 2.15. The van der Waals surface area contributed by atoms with E-state index in [1.807, 2.05) is 13.8 Å². The summed E-state index contributed by atoms with van der Waals surface area (Å²) in [6.45, 7) is 7.77. The number of rotatable bonds is 10. The van der Waals surface area contributed by atoms with E-state index in [2.05, 4.69) is 24.3 Å². The molecule has 0 bridgehead atoms. The molecule has 0 saturated carbocycles. The lowest BCUT2D eigenvalue weighted by Gasteiger charge is -2.31. The summed E-state index contributed by atoms with van der Waals surface area (Å²) >= 11 is 0. The molecule has 5 nitrogen and oxygen atoms in total. The van der Waals surface area contributed by atoms with Crippen molar-refractivity contribution in [2.45, 2.75) is 33.1 Å². The topological polar surface area (TPSA) is 61.4 Å². The summed E-state index contributed by atoms with van der Waals surface area (Å²) in [6.07, 6.45) is 2.45. The van der Waals surface area contributed by atoms with Crippen LogP contribution < -0.4 is 10.6 Å². The second kappa shape index (κ2) is 9.30. The molecule has 0 rings (SSSR count). The van der Waals surface area contributed by atoms with Crippen LogP contribution in [-0.2, 0) is 9.68 Å². The fourth-order valence-corrected chi connectivity index (χ4v) is 1.60. The van der Waals surface area contributed by atoms with Crippen molar-refractivity contribution in [3.05, 3.63) is 6.61 Å². The summed E-state index contributed by atoms with van der Waals surface area (Å²) in [5.74, 6) is 0.218. The predicted molar refractivity (Wildman–Crippen MR) is 68.9 cm³/mol. The van der Waals surface area contributed by atoms with E-state index in [0.29, 0.717) is 13.0 Å². The van der Waals surface area contributed by atoms with Crippen molar-refractivity contribution in [2.24, 2.45) is 5.92 Å². The first-order valence-electron chi connectivity index (χ1n) is 6.63. The van der Waals surface area contributed by atoms with Crippen molar-refractivity contribution < 1.29 is 19.4 Å².